The molecule has 0 fully saturated rings. The summed E-state index contributed by atoms with van der Waals surface area (Å²) in [4.78, 5) is 4.16. The van der Waals surface area contributed by atoms with Gasteiger partial charge in [0, 0.05) is 7.05 Å². The summed E-state index contributed by atoms with van der Waals surface area (Å²) in [5.41, 5.74) is 8.52. The number of aryl methyl sites for hydroxylation is 2. The van der Waals surface area contributed by atoms with Gasteiger partial charge in [-0.25, -0.2) is 4.98 Å². The second-order valence-corrected chi connectivity index (χ2v) is 3.55. The highest BCUT2D eigenvalue weighted by Crippen LogP contribution is 2.25. The lowest BCUT2D eigenvalue weighted by atomic mass is 10.2. The Morgan fingerprint density at radius 3 is 2.85 bits per heavy atom. The smallest absolute Gasteiger partial charge is 0.200 e. The van der Waals surface area contributed by atoms with E-state index in [1.165, 1.54) is 0 Å². The Kier molecular flexibility index (Phi) is 1.70. The van der Waals surface area contributed by atoms with Gasteiger partial charge in [-0.05, 0) is 24.6 Å². The zero-order chi connectivity index (χ0) is 9.59. The molecule has 1 heterocycles. The van der Waals surface area contributed by atoms with Crippen LogP contribution in [0, 0.1) is 6.92 Å². The van der Waals surface area contributed by atoms with Gasteiger partial charge in [-0.1, -0.05) is 11.6 Å². The van der Waals surface area contributed by atoms with Crippen LogP contribution in [0.15, 0.2) is 12.1 Å². The molecule has 0 unspecified atom stereocenters. The normalized spacial score (nSPS) is 11.0. The fourth-order valence-electron chi connectivity index (χ4n) is 1.40. The average molecular weight is 196 g/mol. The first-order chi connectivity index (χ1) is 6.09. The van der Waals surface area contributed by atoms with Crippen molar-refractivity contribution in [2.75, 3.05) is 5.73 Å². The minimum absolute atomic E-state index is 0.488. The van der Waals surface area contributed by atoms with Crippen LogP contribution in [0.3, 0.4) is 0 Å². The number of benzene rings is 1. The minimum atomic E-state index is 0.488. The lowest BCUT2D eigenvalue weighted by Crippen LogP contribution is -1.96. The van der Waals surface area contributed by atoms with E-state index in [9.17, 15) is 0 Å². The predicted molar refractivity (Wildman–Crippen MR) is 54.9 cm³/mol. The summed E-state index contributed by atoms with van der Waals surface area (Å²) in [6.45, 7) is 1.99. The van der Waals surface area contributed by atoms with Crippen LogP contribution in [0.5, 0.6) is 0 Å². The zero-order valence-electron chi connectivity index (χ0n) is 7.50. The lowest BCUT2D eigenvalue weighted by Gasteiger charge is -1.98. The standard InChI is InChI=1S/C9H10ClN3/c1-5-3-6(10)8-7(4-5)13(2)9(11)12-8/h3-4H,1-2H3,(H2,11,12). The quantitative estimate of drug-likeness (QED) is 0.700. The van der Waals surface area contributed by atoms with Crippen molar-refractivity contribution in [2.45, 2.75) is 6.92 Å². The number of halogens is 1. The van der Waals surface area contributed by atoms with Crippen LogP contribution in [0.2, 0.25) is 5.02 Å². The van der Waals surface area contributed by atoms with Gasteiger partial charge in [-0.15, -0.1) is 0 Å². The number of aromatic nitrogens is 2. The van der Waals surface area contributed by atoms with Crippen LogP contribution in [-0.2, 0) is 7.05 Å². The third kappa shape index (κ3) is 1.16. The van der Waals surface area contributed by atoms with Gasteiger partial charge < -0.3 is 10.3 Å². The molecular formula is C9H10ClN3. The summed E-state index contributed by atoms with van der Waals surface area (Å²) in [7, 11) is 1.88. The van der Waals surface area contributed by atoms with Gasteiger partial charge >= 0.3 is 0 Å². The van der Waals surface area contributed by atoms with Gasteiger partial charge in [0.15, 0.2) is 0 Å². The molecule has 0 spiro atoms. The van der Waals surface area contributed by atoms with Crippen molar-refractivity contribution in [3.63, 3.8) is 0 Å². The van der Waals surface area contributed by atoms with E-state index in [1.54, 1.807) is 0 Å². The fourth-order valence-corrected chi connectivity index (χ4v) is 1.71. The molecule has 0 aliphatic carbocycles. The van der Waals surface area contributed by atoms with Crippen LogP contribution in [0.1, 0.15) is 5.56 Å². The van der Waals surface area contributed by atoms with Crippen LogP contribution in [0.4, 0.5) is 5.95 Å². The molecule has 0 radical (unpaired) electrons. The minimum Gasteiger partial charge on any atom is -0.369 e. The summed E-state index contributed by atoms with van der Waals surface area (Å²) >= 11 is 6.02. The Morgan fingerprint density at radius 2 is 2.15 bits per heavy atom. The van der Waals surface area contributed by atoms with Crippen molar-refractivity contribution < 1.29 is 0 Å². The molecule has 13 heavy (non-hydrogen) atoms. The van der Waals surface area contributed by atoms with E-state index in [0.717, 1.165) is 16.6 Å². The van der Waals surface area contributed by atoms with E-state index in [4.69, 9.17) is 17.3 Å². The molecule has 2 aromatic rings. The van der Waals surface area contributed by atoms with Crippen LogP contribution >= 0.6 is 11.6 Å². The molecule has 4 heteroatoms. The number of anilines is 1. The van der Waals surface area contributed by atoms with Crippen molar-refractivity contribution in [1.82, 2.24) is 9.55 Å². The first-order valence-corrected chi connectivity index (χ1v) is 4.35. The molecule has 0 atom stereocenters. The molecule has 2 N–H and O–H groups in total. The summed E-state index contributed by atoms with van der Waals surface area (Å²) in [6.07, 6.45) is 0. The third-order valence-electron chi connectivity index (χ3n) is 2.12. The predicted octanol–water partition coefficient (Wildman–Crippen LogP) is 2.12. The fraction of sp³-hybridized carbons (Fsp3) is 0.222. The van der Waals surface area contributed by atoms with Crippen molar-refractivity contribution in [2.24, 2.45) is 7.05 Å². The highest BCUT2D eigenvalue weighted by molar-refractivity contribution is 6.35. The van der Waals surface area contributed by atoms with Crippen molar-refractivity contribution in [3.8, 4) is 0 Å². The Bertz CT molecular complexity index is 473. The van der Waals surface area contributed by atoms with E-state index < -0.39 is 0 Å². The van der Waals surface area contributed by atoms with Crippen LogP contribution < -0.4 is 5.73 Å². The summed E-state index contributed by atoms with van der Waals surface area (Å²) in [5.74, 6) is 0.488. The number of hydrogen-bond donors (Lipinski definition) is 1. The highest BCUT2D eigenvalue weighted by Gasteiger charge is 2.08. The van der Waals surface area contributed by atoms with Gasteiger partial charge in [0.05, 0.1) is 10.5 Å². The molecule has 1 aromatic carbocycles. The Balaban J connectivity index is 2.94. The van der Waals surface area contributed by atoms with E-state index in [2.05, 4.69) is 4.98 Å². The Morgan fingerprint density at radius 1 is 1.46 bits per heavy atom. The Labute approximate surface area is 81.1 Å². The monoisotopic (exact) mass is 195 g/mol. The highest BCUT2D eigenvalue weighted by atomic mass is 35.5. The van der Waals surface area contributed by atoms with Gasteiger partial charge in [-0.2, -0.15) is 0 Å². The molecule has 0 aliphatic rings. The lowest BCUT2D eigenvalue weighted by molar-refractivity contribution is 0.964. The van der Waals surface area contributed by atoms with Gasteiger partial charge in [0.1, 0.15) is 5.52 Å². The number of hydrogen-bond acceptors (Lipinski definition) is 2. The SMILES string of the molecule is Cc1cc(Cl)c2nc(N)n(C)c2c1. The molecule has 2 rings (SSSR count). The average Bonchev–Trinajstić information content (AvgIpc) is 2.32. The maximum atomic E-state index is 6.02. The van der Waals surface area contributed by atoms with Crippen molar-refractivity contribution in [1.29, 1.82) is 0 Å². The molecule has 0 saturated heterocycles. The topological polar surface area (TPSA) is 43.8 Å². The van der Waals surface area contributed by atoms with Crippen LogP contribution in [-0.4, -0.2) is 9.55 Å². The second-order valence-electron chi connectivity index (χ2n) is 3.14. The second kappa shape index (κ2) is 2.64. The van der Waals surface area contributed by atoms with E-state index in [-0.39, 0.29) is 0 Å². The largest absolute Gasteiger partial charge is 0.369 e. The molecule has 68 valence electrons. The number of rotatable bonds is 0. The number of imidazole rings is 1. The molecule has 0 aliphatic heterocycles. The Hall–Kier alpha value is -1.22. The van der Waals surface area contributed by atoms with Crippen molar-refractivity contribution >= 4 is 28.6 Å². The number of fused-ring (bicyclic) bond motifs is 1. The summed E-state index contributed by atoms with van der Waals surface area (Å²) in [6, 6.07) is 3.90. The van der Waals surface area contributed by atoms with E-state index in [1.807, 2.05) is 30.7 Å². The molecular weight excluding hydrogens is 186 g/mol. The summed E-state index contributed by atoms with van der Waals surface area (Å²) in [5, 5.41) is 0.655. The van der Waals surface area contributed by atoms with E-state index in [0.29, 0.717) is 11.0 Å². The number of nitrogen functional groups attached to an aromatic ring is 1. The first kappa shape index (κ1) is 8.38. The number of nitrogens with two attached hydrogens (primary N) is 1. The van der Waals surface area contributed by atoms with Gasteiger partial charge in [0.2, 0.25) is 5.95 Å². The van der Waals surface area contributed by atoms with Crippen molar-refractivity contribution in [3.05, 3.63) is 22.7 Å². The van der Waals surface area contributed by atoms with Crippen LogP contribution in [0.25, 0.3) is 11.0 Å². The molecule has 0 saturated carbocycles. The van der Waals surface area contributed by atoms with Gasteiger partial charge in [0.25, 0.3) is 0 Å². The first-order valence-electron chi connectivity index (χ1n) is 3.97. The maximum absolute atomic E-state index is 6.02. The number of nitrogens with zero attached hydrogens (tertiary/aromatic N) is 2. The van der Waals surface area contributed by atoms with Gasteiger partial charge in [-0.3, -0.25) is 0 Å². The van der Waals surface area contributed by atoms with E-state index >= 15 is 0 Å². The maximum Gasteiger partial charge on any atom is 0.200 e. The third-order valence-corrected chi connectivity index (χ3v) is 2.41. The molecule has 0 amide bonds. The summed E-state index contributed by atoms with van der Waals surface area (Å²) < 4.78 is 1.83. The zero-order valence-corrected chi connectivity index (χ0v) is 8.26. The molecule has 0 bridgehead atoms. The molecule has 3 nitrogen and oxygen atoms in total. The molecule has 1 aromatic heterocycles.